The molecule has 4 unspecified atom stereocenters. The highest BCUT2D eigenvalue weighted by molar-refractivity contribution is 8.11. The van der Waals surface area contributed by atoms with Gasteiger partial charge in [-0.15, -0.1) is 28.2 Å². The largest absolute Gasteiger partial charge is 0.361 e. The molecule has 0 bridgehead atoms. The van der Waals surface area contributed by atoms with Gasteiger partial charge in [-0.05, 0) is 65.2 Å². The minimum atomic E-state index is -0.238. The number of aromatic nitrogens is 1. The van der Waals surface area contributed by atoms with Crippen LogP contribution in [-0.4, -0.2) is 35.6 Å². The van der Waals surface area contributed by atoms with E-state index in [-0.39, 0.29) is 11.3 Å². The van der Waals surface area contributed by atoms with Gasteiger partial charge in [0.25, 0.3) is 5.91 Å². The van der Waals surface area contributed by atoms with Gasteiger partial charge in [0.2, 0.25) is 0 Å². The van der Waals surface area contributed by atoms with E-state index in [1.165, 1.54) is 35.6 Å². The number of rotatable bonds is 10. The molecule has 1 fully saturated rings. The van der Waals surface area contributed by atoms with Gasteiger partial charge in [-0.25, -0.2) is 4.98 Å². The lowest BCUT2D eigenvalue weighted by Crippen LogP contribution is -2.50. The zero-order valence-corrected chi connectivity index (χ0v) is 24.8. The van der Waals surface area contributed by atoms with Gasteiger partial charge < -0.3 is 10.6 Å². The minimum absolute atomic E-state index is 0.212. The van der Waals surface area contributed by atoms with Crippen LogP contribution in [0.1, 0.15) is 58.6 Å². The van der Waals surface area contributed by atoms with E-state index in [0.717, 1.165) is 29.4 Å². The van der Waals surface area contributed by atoms with Gasteiger partial charge in [-0.3, -0.25) is 4.79 Å². The number of amides is 1. The summed E-state index contributed by atoms with van der Waals surface area (Å²) < 4.78 is 0. The standard InChI is InChI=1S/C33H33N5OS2/c1-3-33-25(17-28(33)26-14-7-8-15-27(26)30(33)22-10-5-4-6-11-22)18-34-32-38-29(19-41-32)23-12-9-13-24(16-23)31(39)35-20-36-37-21-40-2/h4-16,19-21,25,28,30H,3,17-18H2,1-2H3,(H,34,38)(H,35,36,39)/b37-21-. The number of hydrogen-bond acceptors (Lipinski definition) is 7. The van der Waals surface area contributed by atoms with Crippen LogP contribution >= 0.6 is 23.1 Å². The molecule has 4 aromatic rings. The van der Waals surface area contributed by atoms with Crippen molar-refractivity contribution in [3.05, 3.63) is 106 Å². The summed E-state index contributed by atoms with van der Waals surface area (Å²) in [5.41, 5.74) is 8.59. The Hall–Kier alpha value is -3.75. The first kappa shape index (κ1) is 27.4. The smallest absolute Gasteiger partial charge is 0.256 e. The number of nitrogens with zero attached hydrogens (tertiary/aromatic N) is 3. The molecule has 41 heavy (non-hydrogen) atoms. The Kier molecular flexibility index (Phi) is 8.03. The first-order valence-electron chi connectivity index (χ1n) is 14.0. The molecule has 6 nitrogen and oxygen atoms in total. The number of hydrogen-bond donors (Lipinski definition) is 2. The Morgan fingerprint density at radius 2 is 1.88 bits per heavy atom. The van der Waals surface area contributed by atoms with Gasteiger partial charge in [0.15, 0.2) is 5.13 Å². The van der Waals surface area contributed by atoms with Gasteiger partial charge in [0.1, 0.15) is 6.34 Å². The molecule has 2 aliphatic carbocycles. The molecule has 6 rings (SSSR count). The molecule has 1 heterocycles. The molecule has 0 spiro atoms. The highest BCUT2D eigenvalue weighted by Gasteiger charge is 2.63. The topological polar surface area (TPSA) is 78.7 Å². The molecule has 4 atom stereocenters. The van der Waals surface area contributed by atoms with Crippen molar-refractivity contribution in [2.24, 2.45) is 21.5 Å². The molecule has 2 aliphatic rings. The Morgan fingerprint density at radius 1 is 1.07 bits per heavy atom. The Morgan fingerprint density at radius 3 is 2.68 bits per heavy atom. The molecule has 0 aliphatic heterocycles. The van der Waals surface area contributed by atoms with E-state index in [4.69, 9.17) is 4.98 Å². The molecular formula is C33H33N5OS2. The molecule has 0 saturated heterocycles. The molecular weight excluding hydrogens is 547 g/mol. The maximum absolute atomic E-state index is 12.6. The summed E-state index contributed by atoms with van der Waals surface area (Å²) in [6.07, 6.45) is 5.53. The molecule has 8 heteroatoms. The summed E-state index contributed by atoms with van der Waals surface area (Å²) in [5.74, 6) is 1.33. The number of carbonyl (C=O) groups is 1. The minimum Gasteiger partial charge on any atom is -0.361 e. The van der Waals surface area contributed by atoms with Crippen molar-refractivity contribution >= 4 is 46.0 Å². The van der Waals surface area contributed by atoms with Crippen LogP contribution < -0.4 is 10.6 Å². The zero-order valence-electron chi connectivity index (χ0n) is 23.2. The van der Waals surface area contributed by atoms with Crippen LogP contribution in [0.5, 0.6) is 0 Å². The van der Waals surface area contributed by atoms with Crippen molar-refractivity contribution in [2.75, 3.05) is 18.1 Å². The van der Waals surface area contributed by atoms with Crippen LogP contribution in [0.2, 0.25) is 0 Å². The SMILES string of the molecule is CCC12C(CNc3nc(-c4cccc(C(=O)N/C=N/N=C\SC)c4)cs3)CC1c1ccccc1C2c1ccccc1. The van der Waals surface area contributed by atoms with Gasteiger partial charge in [-0.1, -0.05) is 73.7 Å². The highest BCUT2D eigenvalue weighted by Crippen LogP contribution is 2.72. The van der Waals surface area contributed by atoms with Gasteiger partial charge in [-0.2, -0.15) is 5.10 Å². The fraction of sp³-hybridized carbons (Fsp3) is 0.273. The average molecular weight is 580 g/mol. The lowest BCUT2D eigenvalue weighted by atomic mass is 9.48. The van der Waals surface area contributed by atoms with E-state index >= 15 is 0 Å². The highest BCUT2D eigenvalue weighted by atomic mass is 32.2. The average Bonchev–Trinajstić information content (AvgIpc) is 3.57. The number of anilines is 1. The summed E-state index contributed by atoms with van der Waals surface area (Å²) in [7, 11) is 0. The van der Waals surface area contributed by atoms with Crippen LogP contribution in [-0.2, 0) is 0 Å². The van der Waals surface area contributed by atoms with Crippen molar-refractivity contribution in [3.63, 3.8) is 0 Å². The van der Waals surface area contributed by atoms with Gasteiger partial charge in [0, 0.05) is 29.0 Å². The van der Waals surface area contributed by atoms with Crippen LogP contribution in [0.15, 0.2) is 94.4 Å². The Labute approximate surface area is 249 Å². The normalized spacial score (nSPS) is 22.8. The third-order valence-corrected chi connectivity index (χ3v) is 9.90. The molecule has 2 N–H and O–H groups in total. The Bertz CT molecular complexity index is 1580. The fourth-order valence-electron chi connectivity index (χ4n) is 7.03. The molecule has 208 valence electrons. The number of thiazole rings is 1. The van der Waals surface area contributed by atoms with Crippen molar-refractivity contribution in [1.29, 1.82) is 0 Å². The fourth-order valence-corrected chi connectivity index (χ4v) is 7.90. The van der Waals surface area contributed by atoms with E-state index in [1.807, 2.05) is 24.5 Å². The summed E-state index contributed by atoms with van der Waals surface area (Å²) in [5, 5.41) is 16.9. The van der Waals surface area contributed by atoms with E-state index < -0.39 is 0 Å². The van der Waals surface area contributed by atoms with Gasteiger partial charge in [0.05, 0.1) is 11.2 Å². The van der Waals surface area contributed by atoms with Crippen LogP contribution in [0.3, 0.4) is 0 Å². The van der Waals surface area contributed by atoms with Gasteiger partial charge >= 0.3 is 0 Å². The van der Waals surface area contributed by atoms with Crippen molar-refractivity contribution in [3.8, 4) is 11.3 Å². The second kappa shape index (κ2) is 12.0. The van der Waals surface area contributed by atoms with Crippen molar-refractivity contribution in [1.82, 2.24) is 10.3 Å². The van der Waals surface area contributed by atoms with E-state index in [1.54, 1.807) is 28.5 Å². The summed E-state index contributed by atoms with van der Waals surface area (Å²) in [4.78, 5) is 17.4. The summed E-state index contributed by atoms with van der Waals surface area (Å²) in [6, 6.07) is 27.6. The predicted molar refractivity (Wildman–Crippen MR) is 172 cm³/mol. The maximum Gasteiger partial charge on any atom is 0.256 e. The quantitative estimate of drug-likeness (QED) is 0.115. The number of benzene rings is 3. The van der Waals surface area contributed by atoms with E-state index in [9.17, 15) is 4.79 Å². The number of carbonyl (C=O) groups excluding carboxylic acids is 1. The predicted octanol–water partition coefficient (Wildman–Crippen LogP) is 7.63. The molecule has 1 aromatic heterocycles. The molecule has 0 radical (unpaired) electrons. The van der Waals surface area contributed by atoms with Crippen molar-refractivity contribution < 1.29 is 4.79 Å². The lowest BCUT2D eigenvalue weighted by Gasteiger charge is -2.56. The second-order valence-corrected chi connectivity index (χ2v) is 12.1. The summed E-state index contributed by atoms with van der Waals surface area (Å²) >= 11 is 3.05. The number of thioether (sulfide) groups is 1. The van der Waals surface area contributed by atoms with Crippen molar-refractivity contribution in [2.45, 2.75) is 31.6 Å². The zero-order chi connectivity index (χ0) is 28.2. The van der Waals surface area contributed by atoms with Crippen LogP contribution in [0, 0.1) is 11.3 Å². The third kappa shape index (κ3) is 5.11. The third-order valence-electron chi connectivity index (χ3n) is 8.79. The van der Waals surface area contributed by atoms with E-state index in [0.29, 0.717) is 23.3 Å². The number of nitrogens with one attached hydrogen (secondary N) is 2. The molecule has 3 aromatic carbocycles. The second-order valence-electron chi connectivity index (χ2n) is 10.6. The molecule has 1 saturated carbocycles. The van der Waals surface area contributed by atoms with Crippen LogP contribution in [0.25, 0.3) is 11.3 Å². The number of fused-ring (bicyclic) bond motifs is 3. The molecule has 1 amide bonds. The van der Waals surface area contributed by atoms with Crippen LogP contribution in [0.4, 0.5) is 5.13 Å². The first-order valence-corrected chi connectivity index (χ1v) is 16.1. The maximum atomic E-state index is 12.6. The lowest BCUT2D eigenvalue weighted by molar-refractivity contribution is -0.000557. The summed E-state index contributed by atoms with van der Waals surface area (Å²) in [6.45, 7) is 3.27. The monoisotopic (exact) mass is 579 g/mol. The Balaban J connectivity index is 1.16. The first-order chi connectivity index (χ1) is 20.2. The van der Waals surface area contributed by atoms with E-state index in [2.05, 4.69) is 87.7 Å².